The van der Waals surface area contributed by atoms with Gasteiger partial charge in [-0.3, -0.25) is 9.78 Å². The van der Waals surface area contributed by atoms with E-state index >= 15 is 0 Å². The molecule has 0 unspecified atom stereocenters. The zero-order chi connectivity index (χ0) is 9.84. The number of pyridine rings is 1. The summed E-state index contributed by atoms with van der Waals surface area (Å²) in [4.78, 5) is 14.6. The highest BCUT2D eigenvalue weighted by atomic mass is 19.1. The second-order valence-corrected chi connectivity index (χ2v) is 2.69. The molecule has 1 aromatic rings. The fraction of sp³-hybridized carbons (Fsp3) is 0.333. The van der Waals surface area contributed by atoms with Gasteiger partial charge in [0.1, 0.15) is 5.82 Å². The summed E-state index contributed by atoms with van der Waals surface area (Å²) in [5.41, 5.74) is 0.851. The van der Waals surface area contributed by atoms with E-state index in [1.807, 2.05) is 0 Å². The second-order valence-electron chi connectivity index (χ2n) is 2.69. The highest BCUT2D eigenvalue weighted by Gasteiger charge is 2.09. The molecule has 0 saturated carbocycles. The van der Waals surface area contributed by atoms with Crippen molar-refractivity contribution in [1.82, 2.24) is 4.98 Å². The maximum atomic E-state index is 13.1. The molecule has 0 aliphatic rings. The Balaban J connectivity index is 2.83. The lowest BCUT2D eigenvalue weighted by Crippen LogP contribution is -2.08. The number of methoxy groups -OCH3 is 1. The molecule has 0 spiro atoms. The van der Waals surface area contributed by atoms with Gasteiger partial charge in [0.15, 0.2) is 0 Å². The fourth-order valence-electron chi connectivity index (χ4n) is 0.901. The average Bonchev–Trinajstić information content (AvgIpc) is 2.09. The molecule has 4 heteroatoms. The van der Waals surface area contributed by atoms with Gasteiger partial charge in [-0.25, -0.2) is 4.39 Å². The number of nitrogens with zero attached hydrogens (tertiary/aromatic N) is 1. The molecular formula is C9H10FNO2. The first-order valence-electron chi connectivity index (χ1n) is 3.81. The van der Waals surface area contributed by atoms with E-state index in [-0.39, 0.29) is 12.1 Å². The molecule has 0 aromatic carbocycles. The van der Waals surface area contributed by atoms with Crippen molar-refractivity contribution >= 4 is 5.97 Å². The van der Waals surface area contributed by atoms with E-state index in [2.05, 4.69) is 9.72 Å². The fourth-order valence-corrected chi connectivity index (χ4v) is 0.901. The summed E-state index contributed by atoms with van der Waals surface area (Å²) in [6, 6.07) is 1.34. The highest BCUT2D eigenvalue weighted by molar-refractivity contribution is 5.71. The lowest BCUT2D eigenvalue weighted by atomic mass is 10.2. The number of carbonyl (C=O) groups excluding carboxylic acids is 1. The number of aromatic nitrogens is 1. The van der Waals surface area contributed by atoms with Crippen molar-refractivity contribution < 1.29 is 13.9 Å². The number of ether oxygens (including phenoxy) is 1. The van der Waals surface area contributed by atoms with Crippen molar-refractivity contribution in [3.8, 4) is 0 Å². The first-order chi connectivity index (χ1) is 6.13. The van der Waals surface area contributed by atoms with Crippen LogP contribution in [0.4, 0.5) is 4.39 Å². The number of carbonyl (C=O) groups is 1. The molecule has 0 fully saturated rings. The van der Waals surface area contributed by atoms with Gasteiger partial charge in [-0.1, -0.05) is 0 Å². The van der Waals surface area contributed by atoms with Gasteiger partial charge < -0.3 is 4.74 Å². The first kappa shape index (κ1) is 9.64. The maximum Gasteiger partial charge on any atom is 0.311 e. The van der Waals surface area contributed by atoms with Gasteiger partial charge in [-0.15, -0.1) is 0 Å². The monoisotopic (exact) mass is 183 g/mol. The van der Waals surface area contributed by atoms with E-state index in [0.29, 0.717) is 0 Å². The Labute approximate surface area is 75.6 Å². The average molecular weight is 183 g/mol. The van der Waals surface area contributed by atoms with Crippen LogP contribution in [-0.2, 0) is 16.0 Å². The van der Waals surface area contributed by atoms with E-state index in [1.54, 1.807) is 6.92 Å². The normalized spacial score (nSPS) is 9.77. The van der Waals surface area contributed by atoms with Crippen LogP contribution in [0.15, 0.2) is 12.3 Å². The van der Waals surface area contributed by atoms with E-state index in [1.165, 1.54) is 19.4 Å². The van der Waals surface area contributed by atoms with Gasteiger partial charge in [0.05, 0.1) is 19.2 Å². The van der Waals surface area contributed by atoms with Crippen molar-refractivity contribution in [1.29, 1.82) is 0 Å². The molecule has 0 radical (unpaired) electrons. The minimum absolute atomic E-state index is 0.122. The molecule has 0 atom stereocenters. The zero-order valence-electron chi connectivity index (χ0n) is 7.50. The van der Waals surface area contributed by atoms with Crippen LogP contribution in [0.3, 0.4) is 0 Å². The smallest absolute Gasteiger partial charge is 0.311 e. The minimum atomic E-state index is -0.491. The van der Waals surface area contributed by atoms with Crippen LogP contribution in [0.1, 0.15) is 11.3 Å². The summed E-state index contributed by atoms with van der Waals surface area (Å²) in [6.07, 6.45) is 1.39. The molecule has 1 heterocycles. The Morgan fingerprint density at radius 1 is 1.69 bits per heavy atom. The predicted octanol–water partition coefficient (Wildman–Crippen LogP) is 1.24. The quantitative estimate of drug-likeness (QED) is 0.647. The Kier molecular flexibility index (Phi) is 2.95. The van der Waals surface area contributed by atoms with Crippen molar-refractivity contribution in [3.63, 3.8) is 0 Å². The SMILES string of the molecule is COC(=O)Cc1ncc(C)cc1F. The van der Waals surface area contributed by atoms with Crippen molar-refractivity contribution in [2.24, 2.45) is 0 Å². The minimum Gasteiger partial charge on any atom is -0.469 e. The van der Waals surface area contributed by atoms with E-state index in [9.17, 15) is 9.18 Å². The molecule has 70 valence electrons. The Morgan fingerprint density at radius 2 is 2.38 bits per heavy atom. The number of esters is 1. The molecule has 1 rings (SSSR count). The zero-order valence-corrected chi connectivity index (χ0v) is 7.50. The van der Waals surface area contributed by atoms with Crippen LogP contribution >= 0.6 is 0 Å². The lowest BCUT2D eigenvalue weighted by molar-refractivity contribution is -0.139. The van der Waals surface area contributed by atoms with Crippen LogP contribution in [0, 0.1) is 12.7 Å². The third-order valence-electron chi connectivity index (χ3n) is 1.59. The Hall–Kier alpha value is -1.45. The third kappa shape index (κ3) is 2.50. The summed E-state index contributed by atoms with van der Waals surface area (Å²) >= 11 is 0. The van der Waals surface area contributed by atoms with Gasteiger partial charge in [0, 0.05) is 6.20 Å². The topological polar surface area (TPSA) is 39.2 Å². The number of hydrogen-bond acceptors (Lipinski definition) is 3. The molecule has 0 aliphatic heterocycles. The number of rotatable bonds is 2. The summed E-state index contributed by atoms with van der Waals surface area (Å²) in [6.45, 7) is 1.73. The largest absolute Gasteiger partial charge is 0.469 e. The summed E-state index contributed by atoms with van der Waals surface area (Å²) in [7, 11) is 1.26. The summed E-state index contributed by atoms with van der Waals surface area (Å²) in [5.74, 6) is -0.958. The molecule has 0 amide bonds. The van der Waals surface area contributed by atoms with Crippen molar-refractivity contribution in [2.75, 3.05) is 7.11 Å². The van der Waals surface area contributed by atoms with Crippen LogP contribution in [0.25, 0.3) is 0 Å². The standard InChI is InChI=1S/C9H10FNO2/c1-6-3-7(10)8(11-5-6)4-9(12)13-2/h3,5H,4H2,1-2H3. The van der Waals surface area contributed by atoms with Gasteiger partial charge in [-0.05, 0) is 18.6 Å². The van der Waals surface area contributed by atoms with Crippen molar-refractivity contribution in [3.05, 3.63) is 29.3 Å². The first-order valence-corrected chi connectivity index (χ1v) is 3.81. The lowest BCUT2D eigenvalue weighted by Gasteiger charge is -2.01. The maximum absolute atomic E-state index is 13.1. The second kappa shape index (κ2) is 3.98. The third-order valence-corrected chi connectivity index (χ3v) is 1.59. The van der Waals surface area contributed by atoms with Crippen LogP contribution in [0.5, 0.6) is 0 Å². The Morgan fingerprint density at radius 3 is 2.92 bits per heavy atom. The highest BCUT2D eigenvalue weighted by Crippen LogP contribution is 2.07. The number of aryl methyl sites for hydroxylation is 1. The van der Waals surface area contributed by atoms with Crippen LogP contribution in [-0.4, -0.2) is 18.1 Å². The molecule has 13 heavy (non-hydrogen) atoms. The number of hydrogen-bond donors (Lipinski definition) is 0. The van der Waals surface area contributed by atoms with Crippen LogP contribution < -0.4 is 0 Å². The van der Waals surface area contributed by atoms with E-state index < -0.39 is 11.8 Å². The predicted molar refractivity (Wildman–Crippen MR) is 44.7 cm³/mol. The van der Waals surface area contributed by atoms with Crippen LogP contribution in [0.2, 0.25) is 0 Å². The molecule has 3 nitrogen and oxygen atoms in total. The molecule has 0 bridgehead atoms. The molecular weight excluding hydrogens is 173 g/mol. The molecule has 0 aliphatic carbocycles. The van der Waals surface area contributed by atoms with E-state index in [4.69, 9.17) is 0 Å². The Bertz CT molecular complexity index is 325. The summed E-state index contributed by atoms with van der Waals surface area (Å²) < 4.78 is 17.5. The van der Waals surface area contributed by atoms with Gasteiger partial charge in [-0.2, -0.15) is 0 Å². The van der Waals surface area contributed by atoms with Gasteiger partial charge >= 0.3 is 5.97 Å². The molecule has 1 aromatic heterocycles. The summed E-state index contributed by atoms with van der Waals surface area (Å²) in [5, 5.41) is 0. The number of halogens is 1. The molecule has 0 N–H and O–H groups in total. The molecule has 0 saturated heterocycles. The van der Waals surface area contributed by atoms with Gasteiger partial charge in [0.2, 0.25) is 0 Å². The van der Waals surface area contributed by atoms with Crippen molar-refractivity contribution in [2.45, 2.75) is 13.3 Å². The van der Waals surface area contributed by atoms with E-state index in [0.717, 1.165) is 5.56 Å². The van der Waals surface area contributed by atoms with Gasteiger partial charge in [0.25, 0.3) is 0 Å².